The number of aliphatic carboxylic acids is 1. The summed E-state index contributed by atoms with van der Waals surface area (Å²) in [5.41, 5.74) is 2.15. The summed E-state index contributed by atoms with van der Waals surface area (Å²) in [5.74, 6) is -2.66. The Morgan fingerprint density at radius 2 is 1.66 bits per heavy atom. The second-order valence-electron chi connectivity index (χ2n) is 7.79. The lowest BCUT2D eigenvalue weighted by Crippen LogP contribution is -2.36. The number of thiophene rings is 1. The minimum absolute atomic E-state index is 0.193. The fraction of sp³-hybridized carbons (Fsp3) is 0.409. The molecule has 0 saturated heterocycles. The van der Waals surface area contributed by atoms with E-state index >= 15 is 0 Å². The van der Waals surface area contributed by atoms with Crippen molar-refractivity contribution in [2.75, 3.05) is 5.32 Å². The molecule has 2 atom stereocenters. The molecule has 2 saturated carbocycles. The topological polar surface area (TPSA) is 95.5 Å². The van der Waals surface area contributed by atoms with Gasteiger partial charge in [0.15, 0.2) is 0 Å². The molecule has 0 radical (unpaired) electrons. The van der Waals surface area contributed by atoms with E-state index in [0.29, 0.717) is 23.4 Å². The van der Waals surface area contributed by atoms with Crippen molar-refractivity contribution in [1.82, 2.24) is 5.32 Å². The number of nitrogens with one attached hydrogen (secondary N) is 2. The van der Waals surface area contributed by atoms with Crippen LogP contribution in [0.5, 0.6) is 0 Å². The van der Waals surface area contributed by atoms with Gasteiger partial charge in [-0.2, -0.15) is 0 Å². The van der Waals surface area contributed by atoms with Gasteiger partial charge in [-0.15, -0.1) is 11.3 Å². The molecule has 1 aromatic heterocycles. The number of carbonyl (C=O) groups excluding carboxylic acids is 2. The number of benzene rings is 1. The summed E-state index contributed by atoms with van der Waals surface area (Å²) in [7, 11) is 0. The van der Waals surface area contributed by atoms with Crippen LogP contribution in [0.25, 0.3) is 11.1 Å². The fourth-order valence-corrected chi connectivity index (χ4v) is 4.91. The minimum atomic E-state index is -0.923. The molecule has 0 aliphatic heterocycles. The monoisotopic (exact) mass is 412 g/mol. The van der Waals surface area contributed by atoms with Gasteiger partial charge < -0.3 is 15.7 Å². The lowest BCUT2D eigenvalue weighted by Gasteiger charge is -2.27. The molecule has 0 unspecified atom stereocenters. The molecule has 1 heterocycles. The molecule has 0 bridgehead atoms. The number of carboxylic acids is 1. The zero-order chi connectivity index (χ0) is 20.4. The normalized spacial score (nSPS) is 21.4. The van der Waals surface area contributed by atoms with Crippen LogP contribution in [0.4, 0.5) is 5.00 Å². The zero-order valence-electron chi connectivity index (χ0n) is 16.0. The van der Waals surface area contributed by atoms with E-state index in [2.05, 4.69) is 10.6 Å². The molecule has 4 rings (SSSR count). The molecular weight excluding hydrogens is 388 g/mol. The first-order valence-corrected chi connectivity index (χ1v) is 10.9. The second-order valence-corrected chi connectivity index (χ2v) is 8.67. The van der Waals surface area contributed by atoms with E-state index in [0.717, 1.165) is 36.8 Å². The van der Waals surface area contributed by atoms with E-state index in [-0.39, 0.29) is 17.9 Å². The van der Waals surface area contributed by atoms with Gasteiger partial charge >= 0.3 is 5.97 Å². The molecule has 6 nitrogen and oxygen atoms in total. The Morgan fingerprint density at radius 1 is 0.966 bits per heavy atom. The summed E-state index contributed by atoms with van der Waals surface area (Å²) in [4.78, 5) is 37.5. The van der Waals surface area contributed by atoms with E-state index in [4.69, 9.17) is 0 Å². The molecule has 2 fully saturated rings. The van der Waals surface area contributed by atoms with E-state index in [1.54, 1.807) is 0 Å². The molecule has 1 aromatic carbocycles. The molecular formula is C22H24N2O4S. The zero-order valence-corrected chi connectivity index (χ0v) is 16.8. The first kappa shape index (κ1) is 19.6. The SMILES string of the molecule is O=C(NC1CC1)c1c(-c2ccccc2)csc1NC(=O)[C@H]1CCCC[C@H]1C(=O)O. The maximum atomic E-state index is 13.0. The van der Waals surface area contributed by atoms with Crippen molar-refractivity contribution in [3.63, 3.8) is 0 Å². The van der Waals surface area contributed by atoms with Crippen molar-refractivity contribution < 1.29 is 19.5 Å². The maximum Gasteiger partial charge on any atom is 0.307 e. The summed E-state index contributed by atoms with van der Waals surface area (Å²) in [6, 6.07) is 9.80. The van der Waals surface area contributed by atoms with E-state index in [1.807, 2.05) is 35.7 Å². The highest BCUT2D eigenvalue weighted by Crippen LogP contribution is 2.38. The molecule has 7 heteroatoms. The lowest BCUT2D eigenvalue weighted by molar-refractivity contribution is -0.147. The van der Waals surface area contributed by atoms with Crippen molar-refractivity contribution >= 4 is 34.1 Å². The van der Waals surface area contributed by atoms with Crippen LogP contribution in [0.2, 0.25) is 0 Å². The quantitative estimate of drug-likeness (QED) is 0.665. The summed E-state index contributed by atoms with van der Waals surface area (Å²) in [6.45, 7) is 0. The molecule has 2 amide bonds. The van der Waals surface area contributed by atoms with Gasteiger partial charge in [-0.1, -0.05) is 43.2 Å². The third kappa shape index (κ3) is 4.34. The van der Waals surface area contributed by atoms with Gasteiger partial charge in [-0.05, 0) is 31.2 Å². The number of anilines is 1. The highest BCUT2D eigenvalue weighted by Gasteiger charge is 2.36. The largest absolute Gasteiger partial charge is 0.481 e. The van der Waals surface area contributed by atoms with Crippen molar-refractivity contribution in [1.29, 1.82) is 0 Å². The van der Waals surface area contributed by atoms with Crippen LogP contribution < -0.4 is 10.6 Å². The lowest BCUT2D eigenvalue weighted by atomic mass is 9.78. The first-order chi connectivity index (χ1) is 14.0. The van der Waals surface area contributed by atoms with Crippen LogP contribution in [-0.4, -0.2) is 28.9 Å². The summed E-state index contributed by atoms with van der Waals surface area (Å²) < 4.78 is 0. The predicted molar refractivity (Wildman–Crippen MR) is 112 cm³/mol. The molecule has 2 aliphatic rings. The van der Waals surface area contributed by atoms with Gasteiger partial charge in [-0.3, -0.25) is 14.4 Å². The average molecular weight is 413 g/mol. The smallest absolute Gasteiger partial charge is 0.307 e. The minimum Gasteiger partial charge on any atom is -0.481 e. The second kappa shape index (κ2) is 8.37. The Hall–Kier alpha value is -2.67. The van der Waals surface area contributed by atoms with Crippen LogP contribution in [0.3, 0.4) is 0 Å². The molecule has 2 aromatic rings. The summed E-state index contributed by atoms with van der Waals surface area (Å²) in [6.07, 6.45) is 4.69. The van der Waals surface area contributed by atoms with E-state index < -0.39 is 17.8 Å². The number of carboxylic acid groups (broad SMARTS) is 1. The van der Waals surface area contributed by atoms with Crippen molar-refractivity contribution in [2.45, 2.75) is 44.6 Å². The number of hydrogen-bond donors (Lipinski definition) is 3. The van der Waals surface area contributed by atoms with Gasteiger partial charge in [0.2, 0.25) is 5.91 Å². The third-order valence-electron chi connectivity index (χ3n) is 5.67. The number of carbonyl (C=O) groups is 3. The highest BCUT2D eigenvalue weighted by atomic mass is 32.1. The van der Waals surface area contributed by atoms with Crippen LogP contribution in [-0.2, 0) is 9.59 Å². The van der Waals surface area contributed by atoms with Gasteiger partial charge in [0, 0.05) is 17.0 Å². The predicted octanol–water partition coefficient (Wildman–Crippen LogP) is 4.14. The Labute approximate surface area is 173 Å². The van der Waals surface area contributed by atoms with Crippen LogP contribution in [0.1, 0.15) is 48.9 Å². The van der Waals surface area contributed by atoms with Crippen LogP contribution in [0.15, 0.2) is 35.7 Å². The van der Waals surface area contributed by atoms with Crippen LogP contribution in [0, 0.1) is 11.8 Å². The van der Waals surface area contributed by atoms with Crippen molar-refractivity contribution in [2.24, 2.45) is 11.8 Å². The van der Waals surface area contributed by atoms with Crippen molar-refractivity contribution in [3.8, 4) is 11.1 Å². The maximum absolute atomic E-state index is 13.0. The van der Waals surface area contributed by atoms with Crippen LogP contribution >= 0.6 is 11.3 Å². The Bertz CT molecular complexity index is 920. The third-order valence-corrected chi connectivity index (χ3v) is 6.57. The van der Waals surface area contributed by atoms with E-state index in [1.165, 1.54) is 11.3 Å². The van der Waals surface area contributed by atoms with Crippen molar-refractivity contribution in [3.05, 3.63) is 41.3 Å². The molecule has 3 N–H and O–H groups in total. The molecule has 0 spiro atoms. The fourth-order valence-electron chi connectivity index (χ4n) is 3.94. The highest BCUT2D eigenvalue weighted by molar-refractivity contribution is 7.15. The Kier molecular flexibility index (Phi) is 5.67. The van der Waals surface area contributed by atoms with E-state index in [9.17, 15) is 19.5 Å². The number of amides is 2. The Morgan fingerprint density at radius 3 is 2.31 bits per heavy atom. The summed E-state index contributed by atoms with van der Waals surface area (Å²) in [5, 5.41) is 17.7. The average Bonchev–Trinajstić information content (AvgIpc) is 3.45. The number of hydrogen-bond acceptors (Lipinski definition) is 4. The van der Waals surface area contributed by atoms with Gasteiger partial charge in [-0.25, -0.2) is 0 Å². The van der Waals surface area contributed by atoms with Gasteiger partial charge in [0.1, 0.15) is 5.00 Å². The molecule has 152 valence electrons. The summed E-state index contributed by atoms with van der Waals surface area (Å²) >= 11 is 1.31. The first-order valence-electron chi connectivity index (χ1n) is 10.1. The van der Waals surface area contributed by atoms with Gasteiger partial charge in [0.05, 0.1) is 17.4 Å². The molecule has 29 heavy (non-hydrogen) atoms. The Balaban J connectivity index is 1.62. The number of rotatable bonds is 6. The standard InChI is InChI=1S/C22H24N2O4S/c25-19(15-8-4-5-9-16(15)22(27)28)24-21-18(20(26)23-14-10-11-14)17(12-29-21)13-6-2-1-3-7-13/h1-3,6-7,12,14-16H,4-5,8-11H2,(H,23,26)(H,24,25)(H,27,28)/t15-,16+/m0/s1. The van der Waals surface area contributed by atoms with Gasteiger partial charge in [0.25, 0.3) is 5.91 Å². The molecule has 2 aliphatic carbocycles.